The lowest BCUT2D eigenvalue weighted by Crippen LogP contribution is -2.60. The van der Waals surface area contributed by atoms with Crippen LogP contribution in [-0.2, 0) is 14.3 Å². The number of aliphatic hydroxyl groups excluding tert-OH is 5. The third-order valence-electron chi connectivity index (χ3n) is 18.1. The summed E-state index contributed by atoms with van der Waals surface area (Å²) in [6.07, 6.45) is 74.4. The lowest BCUT2D eigenvalue weighted by atomic mass is 9.99. The number of carbonyl (C=O) groups excluding carboxylic acids is 1. The Bertz CT molecular complexity index is 1300. The van der Waals surface area contributed by atoms with Gasteiger partial charge in [0.05, 0.1) is 25.4 Å². The molecule has 0 aromatic carbocycles. The zero-order valence-electron chi connectivity index (χ0n) is 54.8. The highest BCUT2D eigenvalue weighted by Crippen LogP contribution is 2.24. The van der Waals surface area contributed by atoms with Crippen molar-refractivity contribution < 1.29 is 39.8 Å². The van der Waals surface area contributed by atoms with Crippen molar-refractivity contribution >= 4 is 5.91 Å². The molecule has 82 heavy (non-hydrogen) atoms. The van der Waals surface area contributed by atoms with Crippen molar-refractivity contribution in [3.05, 3.63) is 12.2 Å². The van der Waals surface area contributed by atoms with E-state index in [0.29, 0.717) is 12.8 Å². The maximum Gasteiger partial charge on any atom is 0.220 e. The summed E-state index contributed by atoms with van der Waals surface area (Å²) in [7, 11) is 0. The Kier molecular flexibility index (Phi) is 60.6. The number of unbranched alkanes of at least 4 members (excludes halogenated alkanes) is 54. The van der Waals surface area contributed by atoms with Crippen LogP contribution in [0.2, 0.25) is 0 Å². The molecule has 1 aliphatic heterocycles. The Morgan fingerprint density at radius 1 is 0.402 bits per heavy atom. The Labute approximate surface area is 509 Å². The topological polar surface area (TPSA) is 149 Å². The van der Waals surface area contributed by atoms with Gasteiger partial charge in [-0.15, -0.1) is 0 Å². The van der Waals surface area contributed by atoms with Crippen molar-refractivity contribution in [2.75, 3.05) is 13.2 Å². The molecule has 1 aliphatic rings. The van der Waals surface area contributed by atoms with Gasteiger partial charge in [-0.1, -0.05) is 360 Å². The molecule has 7 unspecified atom stereocenters. The number of hydrogen-bond acceptors (Lipinski definition) is 8. The molecule has 1 amide bonds. The summed E-state index contributed by atoms with van der Waals surface area (Å²) >= 11 is 0. The average Bonchev–Trinajstić information content (AvgIpc) is 3.57. The van der Waals surface area contributed by atoms with Crippen LogP contribution in [0.5, 0.6) is 0 Å². The van der Waals surface area contributed by atoms with Gasteiger partial charge in [0, 0.05) is 6.42 Å². The van der Waals surface area contributed by atoms with Gasteiger partial charge in [-0.05, 0) is 38.5 Å². The van der Waals surface area contributed by atoms with E-state index < -0.39 is 49.5 Å². The third-order valence-corrected chi connectivity index (χ3v) is 18.1. The molecule has 0 aliphatic carbocycles. The van der Waals surface area contributed by atoms with Gasteiger partial charge in [-0.25, -0.2) is 0 Å². The molecule has 7 atom stereocenters. The van der Waals surface area contributed by atoms with Crippen LogP contribution in [0.15, 0.2) is 12.2 Å². The minimum Gasteiger partial charge on any atom is -0.394 e. The minimum absolute atomic E-state index is 0.131. The van der Waals surface area contributed by atoms with Crippen LogP contribution in [0.1, 0.15) is 393 Å². The molecule has 1 heterocycles. The van der Waals surface area contributed by atoms with Crippen molar-refractivity contribution in [2.24, 2.45) is 0 Å². The van der Waals surface area contributed by atoms with E-state index in [4.69, 9.17) is 9.47 Å². The van der Waals surface area contributed by atoms with Gasteiger partial charge in [-0.2, -0.15) is 0 Å². The van der Waals surface area contributed by atoms with E-state index in [1.807, 2.05) is 0 Å². The predicted molar refractivity (Wildman–Crippen MR) is 351 cm³/mol. The van der Waals surface area contributed by atoms with Crippen LogP contribution < -0.4 is 5.32 Å². The first-order valence-corrected chi connectivity index (χ1v) is 36.9. The lowest BCUT2D eigenvalue weighted by molar-refractivity contribution is -0.302. The molecule has 1 fully saturated rings. The molecule has 0 bridgehead atoms. The monoisotopic (exact) mass is 1160 g/mol. The average molecular weight is 1160 g/mol. The van der Waals surface area contributed by atoms with E-state index in [2.05, 4.69) is 31.3 Å². The van der Waals surface area contributed by atoms with Crippen LogP contribution in [-0.4, -0.2) is 87.5 Å². The zero-order chi connectivity index (χ0) is 59.3. The maximum absolute atomic E-state index is 13.2. The van der Waals surface area contributed by atoms with E-state index in [0.717, 1.165) is 38.5 Å². The van der Waals surface area contributed by atoms with Crippen molar-refractivity contribution in [1.82, 2.24) is 5.32 Å². The Morgan fingerprint density at radius 2 is 0.683 bits per heavy atom. The number of carbonyl (C=O) groups is 1. The highest BCUT2D eigenvalue weighted by molar-refractivity contribution is 5.76. The molecule has 1 rings (SSSR count). The number of aliphatic hydroxyl groups is 5. The smallest absolute Gasteiger partial charge is 0.220 e. The first kappa shape index (κ1) is 78.9. The SMILES string of the molecule is CCCCCCCCCC/C=C\CCCCCCCCCCCCCCCCCCCCCCCC(=O)NC(COC1OC(CO)C(O)C(O)C1O)C(O)CCCCCCCCCCCCCCCCCCCCCCCCCCCC. The molecule has 0 spiro atoms. The fraction of sp³-hybridized carbons (Fsp3) is 0.959. The third kappa shape index (κ3) is 51.0. The van der Waals surface area contributed by atoms with Crippen molar-refractivity contribution in [3.63, 3.8) is 0 Å². The molecule has 0 radical (unpaired) electrons. The molecular formula is C73H143NO8. The second-order valence-corrected chi connectivity index (χ2v) is 26.1. The fourth-order valence-electron chi connectivity index (χ4n) is 12.3. The standard InChI is InChI=1S/C73H143NO8/c1-3-5-7-9-11-13-15-17-19-21-23-25-27-29-31-32-33-34-35-36-37-39-41-43-45-47-49-51-53-55-57-59-61-63-69(77)74-66(65-81-73-72(80)71(79)70(78)68(64-75)82-73)67(76)62-60-58-56-54-52-50-48-46-44-42-40-38-30-28-26-24-22-20-18-16-14-12-10-8-6-4-2/h21,23,66-68,70-73,75-76,78-80H,3-20,22,24-65H2,1-2H3,(H,74,77)/b23-21-. The quantitative estimate of drug-likeness (QED) is 0.0261. The molecule has 6 N–H and O–H groups in total. The van der Waals surface area contributed by atoms with Gasteiger partial charge in [-0.3, -0.25) is 4.79 Å². The molecule has 9 heteroatoms. The zero-order valence-corrected chi connectivity index (χ0v) is 54.8. The van der Waals surface area contributed by atoms with Crippen molar-refractivity contribution in [2.45, 2.75) is 436 Å². The second kappa shape index (κ2) is 63.0. The van der Waals surface area contributed by atoms with Crippen LogP contribution in [0.25, 0.3) is 0 Å². The molecule has 488 valence electrons. The highest BCUT2D eigenvalue weighted by Gasteiger charge is 2.44. The number of allylic oxidation sites excluding steroid dienone is 2. The number of amides is 1. The Morgan fingerprint density at radius 3 is 0.988 bits per heavy atom. The molecular weight excluding hydrogens is 1020 g/mol. The summed E-state index contributed by atoms with van der Waals surface area (Å²) in [4.78, 5) is 13.2. The predicted octanol–water partition coefficient (Wildman–Crippen LogP) is 20.3. The van der Waals surface area contributed by atoms with Crippen LogP contribution in [0.3, 0.4) is 0 Å². The number of ether oxygens (including phenoxy) is 2. The van der Waals surface area contributed by atoms with Gasteiger partial charge in [0.25, 0.3) is 0 Å². The van der Waals surface area contributed by atoms with E-state index in [-0.39, 0.29) is 12.5 Å². The summed E-state index contributed by atoms with van der Waals surface area (Å²) in [6, 6.07) is -0.717. The summed E-state index contributed by atoms with van der Waals surface area (Å²) < 4.78 is 11.4. The van der Waals surface area contributed by atoms with E-state index in [9.17, 15) is 30.3 Å². The van der Waals surface area contributed by atoms with Gasteiger partial charge < -0.3 is 40.3 Å². The number of rotatable bonds is 66. The first-order chi connectivity index (χ1) is 40.3. The maximum atomic E-state index is 13.2. The number of hydrogen-bond donors (Lipinski definition) is 6. The van der Waals surface area contributed by atoms with Gasteiger partial charge in [0.2, 0.25) is 5.91 Å². The molecule has 0 aromatic heterocycles. The summed E-state index contributed by atoms with van der Waals surface area (Å²) in [6.45, 7) is 3.91. The van der Waals surface area contributed by atoms with E-state index >= 15 is 0 Å². The van der Waals surface area contributed by atoms with Crippen LogP contribution >= 0.6 is 0 Å². The fourth-order valence-corrected chi connectivity index (χ4v) is 12.3. The lowest BCUT2D eigenvalue weighted by Gasteiger charge is -2.40. The van der Waals surface area contributed by atoms with E-state index in [1.54, 1.807) is 0 Å². The minimum atomic E-state index is -1.55. The molecule has 0 aromatic rings. The van der Waals surface area contributed by atoms with Crippen molar-refractivity contribution in [3.8, 4) is 0 Å². The largest absolute Gasteiger partial charge is 0.394 e. The van der Waals surface area contributed by atoms with Gasteiger partial charge >= 0.3 is 0 Å². The summed E-state index contributed by atoms with van der Waals surface area (Å²) in [5.41, 5.74) is 0. The molecule has 0 saturated carbocycles. The van der Waals surface area contributed by atoms with Crippen molar-refractivity contribution in [1.29, 1.82) is 0 Å². The second-order valence-electron chi connectivity index (χ2n) is 26.1. The summed E-state index contributed by atoms with van der Waals surface area (Å²) in [5.74, 6) is -0.134. The normalized spacial score (nSPS) is 18.3. The van der Waals surface area contributed by atoms with Gasteiger partial charge in [0.15, 0.2) is 6.29 Å². The summed E-state index contributed by atoms with van der Waals surface area (Å²) in [5, 5.41) is 55.0. The Balaban J connectivity index is 2.07. The first-order valence-electron chi connectivity index (χ1n) is 36.9. The highest BCUT2D eigenvalue weighted by atomic mass is 16.7. The van der Waals surface area contributed by atoms with E-state index in [1.165, 1.54) is 327 Å². The van der Waals surface area contributed by atoms with Crippen LogP contribution in [0.4, 0.5) is 0 Å². The Hall–Kier alpha value is -1.07. The molecule has 9 nitrogen and oxygen atoms in total. The van der Waals surface area contributed by atoms with Crippen LogP contribution in [0, 0.1) is 0 Å². The molecule has 1 saturated heterocycles. The van der Waals surface area contributed by atoms with Gasteiger partial charge in [0.1, 0.15) is 24.4 Å². The number of nitrogens with one attached hydrogen (secondary N) is 1.